The van der Waals surface area contributed by atoms with Crippen molar-refractivity contribution in [3.05, 3.63) is 29.3 Å². The number of fused-ring (bicyclic) bond motifs is 1. The maximum atomic E-state index is 12.3. The lowest BCUT2D eigenvalue weighted by molar-refractivity contribution is -0.136. The summed E-state index contributed by atoms with van der Waals surface area (Å²) in [5.74, 6) is -1.38. The second-order valence-corrected chi connectivity index (χ2v) is 7.55. The zero-order chi connectivity index (χ0) is 17.6. The summed E-state index contributed by atoms with van der Waals surface area (Å²) in [5.41, 5.74) is 2.29. The van der Waals surface area contributed by atoms with Crippen LogP contribution in [0.5, 0.6) is 0 Å². The van der Waals surface area contributed by atoms with Gasteiger partial charge in [-0.25, -0.2) is 13.1 Å². The van der Waals surface area contributed by atoms with E-state index in [1.165, 1.54) is 5.56 Å². The molecule has 1 aliphatic carbocycles. The van der Waals surface area contributed by atoms with Crippen molar-refractivity contribution in [1.29, 1.82) is 0 Å². The minimum absolute atomic E-state index is 0.0294. The van der Waals surface area contributed by atoms with Crippen LogP contribution in [0, 0.1) is 0 Å². The molecular formula is C16H22N2O5S. The first-order valence-corrected chi connectivity index (χ1v) is 9.47. The third-order valence-electron chi connectivity index (χ3n) is 3.94. The molecule has 1 amide bonds. The third kappa shape index (κ3) is 5.31. The van der Waals surface area contributed by atoms with E-state index in [1.54, 1.807) is 12.1 Å². The van der Waals surface area contributed by atoms with Crippen LogP contribution in [-0.4, -0.2) is 38.5 Å². The number of carboxylic acids is 1. The molecule has 0 atom stereocenters. The molecule has 0 aliphatic heterocycles. The first kappa shape index (κ1) is 18.4. The molecule has 1 aliphatic rings. The van der Waals surface area contributed by atoms with E-state index < -0.39 is 16.0 Å². The van der Waals surface area contributed by atoms with Gasteiger partial charge in [0.05, 0.1) is 11.3 Å². The summed E-state index contributed by atoms with van der Waals surface area (Å²) in [7, 11) is -3.65. The molecule has 0 fully saturated rings. The normalized spacial score (nSPS) is 14.0. The summed E-state index contributed by atoms with van der Waals surface area (Å²) in [5, 5.41) is 10.9. The van der Waals surface area contributed by atoms with Crippen LogP contribution >= 0.6 is 0 Å². The van der Waals surface area contributed by atoms with Crippen LogP contribution in [-0.2, 0) is 32.5 Å². The molecule has 0 radical (unpaired) electrons. The predicted octanol–water partition coefficient (Wildman–Crippen LogP) is 0.825. The smallest absolute Gasteiger partial charge is 0.305 e. The number of aliphatic carboxylic acids is 1. The van der Waals surface area contributed by atoms with E-state index >= 15 is 0 Å². The van der Waals surface area contributed by atoms with Crippen LogP contribution in [0.4, 0.5) is 0 Å². The van der Waals surface area contributed by atoms with Gasteiger partial charge in [-0.2, -0.15) is 0 Å². The fraction of sp³-hybridized carbons (Fsp3) is 0.500. The van der Waals surface area contributed by atoms with Crippen molar-refractivity contribution >= 4 is 21.9 Å². The minimum Gasteiger partial charge on any atom is -0.481 e. The molecule has 1 aromatic carbocycles. The van der Waals surface area contributed by atoms with Gasteiger partial charge < -0.3 is 10.4 Å². The van der Waals surface area contributed by atoms with Gasteiger partial charge in [0, 0.05) is 19.5 Å². The van der Waals surface area contributed by atoms with Crippen molar-refractivity contribution in [2.45, 2.75) is 43.4 Å². The van der Waals surface area contributed by atoms with Crippen molar-refractivity contribution < 1.29 is 23.1 Å². The van der Waals surface area contributed by atoms with Gasteiger partial charge in [0.2, 0.25) is 15.9 Å². The highest BCUT2D eigenvalue weighted by Gasteiger charge is 2.17. The van der Waals surface area contributed by atoms with E-state index in [-0.39, 0.29) is 36.7 Å². The van der Waals surface area contributed by atoms with E-state index in [0.717, 1.165) is 31.2 Å². The lowest BCUT2D eigenvalue weighted by atomic mass is 9.92. The number of carbonyl (C=O) groups excluding carboxylic acids is 1. The molecule has 0 heterocycles. The summed E-state index contributed by atoms with van der Waals surface area (Å²) in [4.78, 5) is 22.1. The highest BCUT2D eigenvalue weighted by molar-refractivity contribution is 7.89. The van der Waals surface area contributed by atoms with Crippen LogP contribution in [0.1, 0.15) is 36.8 Å². The number of nitrogens with one attached hydrogen (secondary N) is 2. The first-order valence-electron chi connectivity index (χ1n) is 7.98. The number of hydrogen-bond acceptors (Lipinski definition) is 4. The fourth-order valence-corrected chi connectivity index (χ4v) is 3.74. The highest BCUT2D eigenvalue weighted by atomic mass is 32.2. The van der Waals surface area contributed by atoms with Gasteiger partial charge in [-0.15, -0.1) is 0 Å². The average molecular weight is 354 g/mol. The van der Waals surface area contributed by atoms with E-state index in [9.17, 15) is 18.0 Å². The molecule has 132 valence electrons. The number of hydrogen-bond donors (Lipinski definition) is 3. The molecular weight excluding hydrogens is 332 g/mol. The van der Waals surface area contributed by atoms with Crippen LogP contribution in [0.25, 0.3) is 0 Å². The van der Waals surface area contributed by atoms with Crippen molar-refractivity contribution in [1.82, 2.24) is 10.0 Å². The Bertz CT molecular complexity index is 715. The summed E-state index contributed by atoms with van der Waals surface area (Å²) < 4.78 is 27.0. The maximum absolute atomic E-state index is 12.3. The number of benzene rings is 1. The Morgan fingerprint density at radius 3 is 2.46 bits per heavy atom. The number of aryl methyl sites for hydroxylation is 2. The van der Waals surface area contributed by atoms with Crippen molar-refractivity contribution in [3.63, 3.8) is 0 Å². The standard InChI is InChI=1S/C16H22N2O5S/c19-15(17-9-8-16(20)21)7-10-18-24(22,23)14-6-5-12-3-1-2-4-13(12)11-14/h5-6,11,18H,1-4,7-10H2,(H,17,19)(H,20,21). The Labute approximate surface area is 141 Å². The Hall–Kier alpha value is -1.93. The van der Waals surface area contributed by atoms with Gasteiger partial charge in [0.1, 0.15) is 0 Å². The number of carbonyl (C=O) groups is 2. The Morgan fingerprint density at radius 2 is 1.75 bits per heavy atom. The van der Waals surface area contributed by atoms with Crippen LogP contribution in [0.2, 0.25) is 0 Å². The van der Waals surface area contributed by atoms with Crippen LogP contribution < -0.4 is 10.0 Å². The second-order valence-electron chi connectivity index (χ2n) is 5.78. The Balaban J connectivity index is 1.85. The average Bonchev–Trinajstić information content (AvgIpc) is 2.54. The first-order chi connectivity index (χ1) is 11.4. The van der Waals surface area contributed by atoms with E-state index in [4.69, 9.17) is 5.11 Å². The Kier molecular flexibility index (Phi) is 6.33. The van der Waals surface area contributed by atoms with Crippen molar-refractivity contribution in [2.75, 3.05) is 13.1 Å². The summed E-state index contributed by atoms with van der Waals surface area (Å²) in [6.45, 7) is 0.00403. The molecule has 0 saturated heterocycles. The molecule has 0 unspecified atom stereocenters. The minimum atomic E-state index is -3.65. The number of sulfonamides is 1. The maximum Gasteiger partial charge on any atom is 0.305 e. The molecule has 24 heavy (non-hydrogen) atoms. The van der Waals surface area contributed by atoms with E-state index in [1.807, 2.05) is 6.07 Å². The second kappa shape index (κ2) is 8.25. The highest BCUT2D eigenvalue weighted by Crippen LogP contribution is 2.23. The molecule has 3 N–H and O–H groups in total. The van der Waals surface area contributed by atoms with Crippen LogP contribution in [0.3, 0.4) is 0 Å². The zero-order valence-electron chi connectivity index (χ0n) is 13.4. The SMILES string of the molecule is O=C(O)CCNC(=O)CCNS(=O)(=O)c1ccc2c(c1)CCCC2. The van der Waals surface area contributed by atoms with E-state index in [0.29, 0.717) is 0 Å². The molecule has 2 rings (SSSR count). The van der Waals surface area contributed by atoms with Crippen LogP contribution in [0.15, 0.2) is 23.1 Å². The number of amides is 1. The number of rotatable bonds is 8. The molecule has 8 heteroatoms. The van der Waals surface area contributed by atoms with Gasteiger partial charge in [-0.1, -0.05) is 6.07 Å². The molecule has 7 nitrogen and oxygen atoms in total. The van der Waals surface area contributed by atoms with Gasteiger partial charge in [-0.3, -0.25) is 9.59 Å². The Morgan fingerprint density at radius 1 is 1.04 bits per heavy atom. The van der Waals surface area contributed by atoms with Crippen molar-refractivity contribution in [3.8, 4) is 0 Å². The van der Waals surface area contributed by atoms with Crippen molar-refractivity contribution in [2.24, 2.45) is 0 Å². The van der Waals surface area contributed by atoms with Gasteiger partial charge in [0.25, 0.3) is 0 Å². The number of carboxylic acid groups (broad SMARTS) is 1. The molecule has 0 saturated carbocycles. The molecule has 0 aromatic heterocycles. The predicted molar refractivity (Wildman–Crippen MR) is 88.2 cm³/mol. The molecule has 0 bridgehead atoms. The lowest BCUT2D eigenvalue weighted by Gasteiger charge is -2.16. The summed E-state index contributed by atoms with van der Waals surface area (Å²) in [6.07, 6.45) is 3.88. The van der Waals surface area contributed by atoms with Gasteiger partial charge >= 0.3 is 5.97 Å². The third-order valence-corrected chi connectivity index (χ3v) is 5.39. The molecule has 0 spiro atoms. The van der Waals surface area contributed by atoms with Gasteiger partial charge in [0.15, 0.2) is 0 Å². The summed E-state index contributed by atoms with van der Waals surface area (Å²) in [6, 6.07) is 5.17. The largest absolute Gasteiger partial charge is 0.481 e. The summed E-state index contributed by atoms with van der Waals surface area (Å²) >= 11 is 0. The molecule has 1 aromatic rings. The van der Waals surface area contributed by atoms with Gasteiger partial charge in [-0.05, 0) is 48.9 Å². The quantitative estimate of drug-likeness (QED) is 0.640. The lowest BCUT2D eigenvalue weighted by Crippen LogP contribution is -2.31. The zero-order valence-corrected chi connectivity index (χ0v) is 14.2. The van der Waals surface area contributed by atoms with E-state index in [2.05, 4.69) is 10.0 Å². The topological polar surface area (TPSA) is 113 Å². The fourth-order valence-electron chi connectivity index (χ4n) is 2.66. The monoisotopic (exact) mass is 354 g/mol.